The SMILES string of the molecule is CCc1nc(Cl)c(C)c(Nc2ccc(C(F)(F)F)cc2)n1. The molecule has 0 amide bonds. The lowest BCUT2D eigenvalue weighted by Crippen LogP contribution is -2.05. The van der Waals surface area contributed by atoms with E-state index in [9.17, 15) is 13.2 Å². The lowest BCUT2D eigenvalue weighted by atomic mass is 10.2. The first-order valence-electron chi connectivity index (χ1n) is 6.28. The Bertz CT molecular complexity index is 639. The van der Waals surface area contributed by atoms with Crippen LogP contribution in [0, 0.1) is 6.92 Å². The van der Waals surface area contributed by atoms with Crippen LogP contribution in [0.25, 0.3) is 0 Å². The van der Waals surface area contributed by atoms with E-state index in [1.807, 2.05) is 6.92 Å². The summed E-state index contributed by atoms with van der Waals surface area (Å²) in [5.41, 5.74) is 0.455. The number of nitrogens with one attached hydrogen (secondary N) is 1. The summed E-state index contributed by atoms with van der Waals surface area (Å²) in [5, 5.41) is 3.29. The fraction of sp³-hybridized carbons (Fsp3) is 0.286. The van der Waals surface area contributed by atoms with Crippen molar-refractivity contribution in [2.75, 3.05) is 5.32 Å². The molecule has 0 unspecified atom stereocenters. The number of aryl methyl sites for hydroxylation is 1. The summed E-state index contributed by atoms with van der Waals surface area (Å²) in [6.45, 7) is 3.64. The number of hydrogen-bond donors (Lipinski definition) is 1. The molecule has 0 radical (unpaired) electrons. The molecule has 21 heavy (non-hydrogen) atoms. The van der Waals surface area contributed by atoms with Gasteiger partial charge in [-0.15, -0.1) is 0 Å². The molecule has 1 heterocycles. The minimum absolute atomic E-state index is 0.330. The van der Waals surface area contributed by atoms with Gasteiger partial charge in [-0.05, 0) is 31.2 Å². The molecule has 2 aromatic rings. The van der Waals surface area contributed by atoms with Crippen LogP contribution in [0.1, 0.15) is 23.9 Å². The van der Waals surface area contributed by atoms with E-state index in [2.05, 4.69) is 15.3 Å². The largest absolute Gasteiger partial charge is 0.416 e. The first kappa shape index (κ1) is 15.6. The van der Waals surface area contributed by atoms with E-state index in [-0.39, 0.29) is 0 Å². The number of rotatable bonds is 3. The molecule has 0 saturated carbocycles. The summed E-state index contributed by atoms with van der Waals surface area (Å²) in [4.78, 5) is 8.39. The summed E-state index contributed by atoms with van der Waals surface area (Å²) in [6, 6.07) is 4.73. The van der Waals surface area contributed by atoms with Crippen LogP contribution in [0.15, 0.2) is 24.3 Å². The molecule has 0 fully saturated rings. The number of nitrogens with zero attached hydrogens (tertiary/aromatic N) is 2. The van der Waals surface area contributed by atoms with Gasteiger partial charge in [0, 0.05) is 17.7 Å². The average Bonchev–Trinajstić information content (AvgIpc) is 2.43. The van der Waals surface area contributed by atoms with Gasteiger partial charge in [-0.25, -0.2) is 9.97 Å². The highest BCUT2D eigenvalue weighted by Gasteiger charge is 2.29. The zero-order chi connectivity index (χ0) is 15.6. The molecule has 0 aliphatic carbocycles. The molecular formula is C14H13ClF3N3. The molecule has 1 N–H and O–H groups in total. The third-order valence-corrected chi connectivity index (χ3v) is 3.29. The van der Waals surface area contributed by atoms with Gasteiger partial charge in [0.2, 0.25) is 0 Å². The Labute approximate surface area is 125 Å². The molecule has 0 aliphatic rings. The molecule has 1 aromatic carbocycles. The van der Waals surface area contributed by atoms with Gasteiger partial charge < -0.3 is 5.32 Å². The molecule has 3 nitrogen and oxygen atoms in total. The van der Waals surface area contributed by atoms with Crippen molar-refractivity contribution in [3.05, 3.63) is 46.4 Å². The lowest BCUT2D eigenvalue weighted by molar-refractivity contribution is -0.137. The number of aromatic nitrogens is 2. The smallest absolute Gasteiger partial charge is 0.340 e. The molecule has 0 spiro atoms. The Morgan fingerprint density at radius 2 is 1.76 bits per heavy atom. The van der Waals surface area contributed by atoms with Crippen molar-refractivity contribution in [3.63, 3.8) is 0 Å². The van der Waals surface area contributed by atoms with Gasteiger partial charge in [0.1, 0.15) is 16.8 Å². The van der Waals surface area contributed by atoms with E-state index in [1.165, 1.54) is 12.1 Å². The van der Waals surface area contributed by atoms with Crippen LogP contribution < -0.4 is 5.32 Å². The Morgan fingerprint density at radius 1 is 1.14 bits per heavy atom. The van der Waals surface area contributed by atoms with E-state index < -0.39 is 11.7 Å². The van der Waals surface area contributed by atoms with E-state index in [0.717, 1.165) is 12.1 Å². The molecule has 0 aliphatic heterocycles. The van der Waals surface area contributed by atoms with Crippen molar-refractivity contribution in [1.82, 2.24) is 9.97 Å². The van der Waals surface area contributed by atoms with Gasteiger partial charge in [0.25, 0.3) is 0 Å². The number of hydrogen-bond acceptors (Lipinski definition) is 3. The monoisotopic (exact) mass is 315 g/mol. The summed E-state index contributed by atoms with van der Waals surface area (Å²) in [6.07, 6.45) is -3.73. The van der Waals surface area contributed by atoms with Gasteiger partial charge in [-0.1, -0.05) is 18.5 Å². The summed E-state index contributed by atoms with van der Waals surface area (Å²) >= 11 is 6.01. The van der Waals surface area contributed by atoms with E-state index in [0.29, 0.717) is 34.5 Å². The molecule has 112 valence electrons. The lowest BCUT2D eigenvalue weighted by Gasteiger charge is -2.12. The van der Waals surface area contributed by atoms with Crippen LogP contribution >= 0.6 is 11.6 Å². The second-order valence-corrected chi connectivity index (χ2v) is 4.82. The highest BCUT2D eigenvalue weighted by atomic mass is 35.5. The summed E-state index contributed by atoms with van der Waals surface area (Å²) < 4.78 is 37.5. The minimum Gasteiger partial charge on any atom is -0.340 e. The standard InChI is InChI=1S/C14H13ClF3N3/c1-3-11-20-12(15)8(2)13(21-11)19-10-6-4-9(5-7-10)14(16,17)18/h4-7H,3H2,1-2H3,(H,19,20,21). The van der Waals surface area contributed by atoms with Crippen LogP contribution in [0.3, 0.4) is 0 Å². The fourth-order valence-corrected chi connectivity index (χ4v) is 1.88. The van der Waals surface area contributed by atoms with Crippen LogP contribution in [0.5, 0.6) is 0 Å². The van der Waals surface area contributed by atoms with Gasteiger partial charge >= 0.3 is 6.18 Å². The van der Waals surface area contributed by atoms with Crippen molar-refractivity contribution in [2.24, 2.45) is 0 Å². The number of anilines is 2. The van der Waals surface area contributed by atoms with Crippen LogP contribution in [-0.4, -0.2) is 9.97 Å². The van der Waals surface area contributed by atoms with Crippen molar-refractivity contribution in [2.45, 2.75) is 26.4 Å². The first-order chi connectivity index (χ1) is 9.81. The van der Waals surface area contributed by atoms with Gasteiger partial charge in [0.15, 0.2) is 0 Å². The van der Waals surface area contributed by atoms with Crippen molar-refractivity contribution >= 4 is 23.1 Å². The highest BCUT2D eigenvalue weighted by molar-refractivity contribution is 6.30. The van der Waals surface area contributed by atoms with Gasteiger partial charge in [-0.3, -0.25) is 0 Å². The zero-order valence-corrected chi connectivity index (χ0v) is 12.2. The maximum Gasteiger partial charge on any atom is 0.416 e. The predicted octanol–water partition coefficient (Wildman–Crippen LogP) is 4.76. The third-order valence-electron chi connectivity index (χ3n) is 2.92. The molecule has 7 heteroatoms. The number of alkyl halides is 3. The number of benzene rings is 1. The number of halogens is 4. The predicted molar refractivity (Wildman–Crippen MR) is 75.9 cm³/mol. The summed E-state index contributed by atoms with van der Waals surface area (Å²) in [7, 11) is 0. The van der Waals surface area contributed by atoms with Crippen LogP contribution in [0.2, 0.25) is 5.15 Å². The van der Waals surface area contributed by atoms with Crippen molar-refractivity contribution in [3.8, 4) is 0 Å². The molecule has 0 saturated heterocycles. The minimum atomic E-state index is -4.35. The van der Waals surface area contributed by atoms with Crippen molar-refractivity contribution in [1.29, 1.82) is 0 Å². The van der Waals surface area contributed by atoms with E-state index in [4.69, 9.17) is 11.6 Å². The topological polar surface area (TPSA) is 37.8 Å². The Kier molecular flexibility index (Phi) is 4.37. The Hall–Kier alpha value is -1.82. The second kappa shape index (κ2) is 5.89. The van der Waals surface area contributed by atoms with Gasteiger partial charge in [0.05, 0.1) is 5.56 Å². The van der Waals surface area contributed by atoms with Crippen molar-refractivity contribution < 1.29 is 13.2 Å². The Morgan fingerprint density at radius 3 is 2.29 bits per heavy atom. The molecule has 0 bridgehead atoms. The average molecular weight is 316 g/mol. The highest BCUT2D eigenvalue weighted by Crippen LogP contribution is 2.31. The molecule has 1 aromatic heterocycles. The van der Waals surface area contributed by atoms with Crippen LogP contribution in [-0.2, 0) is 12.6 Å². The molecule has 2 rings (SSSR count). The van der Waals surface area contributed by atoms with E-state index >= 15 is 0 Å². The maximum absolute atomic E-state index is 12.5. The van der Waals surface area contributed by atoms with Crippen LogP contribution in [0.4, 0.5) is 24.7 Å². The summed E-state index contributed by atoms with van der Waals surface area (Å²) in [5.74, 6) is 1.06. The van der Waals surface area contributed by atoms with E-state index in [1.54, 1.807) is 6.92 Å². The fourth-order valence-electron chi connectivity index (χ4n) is 1.69. The molecule has 0 atom stereocenters. The normalized spacial score (nSPS) is 11.5. The first-order valence-corrected chi connectivity index (χ1v) is 6.66. The maximum atomic E-state index is 12.5. The molecular weight excluding hydrogens is 303 g/mol. The third kappa shape index (κ3) is 3.64. The zero-order valence-electron chi connectivity index (χ0n) is 11.4. The second-order valence-electron chi connectivity index (χ2n) is 4.46. The van der Waals surface area contributed by atoms with Gasteiger partial charge in [-0.2, -0.15) is 13.2 Å². The quantitative estimate of drug-likeness (QED) is 0.830. The Balaban J connectivity index is 2.28.